The largest absolute Gasteiger partial charge is 0.372 e. The van der Waals surface area contributed by atoms with Gasteiger partial charge in [-0.05, 0) is 67.2 Å². The third kappa shape index (κ3) is 4.40. The van der Waals surface area contributed by atoms with Crippen LogP contribution < -0.4 is 19.8 Å². The zero-order chi connectivity index (χ0) is 27.1. The van der Waals surface area contributed by atoms with Crippen LogP contribution in [0.4, 0.5) is 11.4 Å². The van der Waals surface area contributed by atoms with Crippen molar-refractivity contribution < 1.29 is 4.92 Å². The van der Waals surface area contributed by atoms with Crippen molar-refractivity contribution in [3.05, 3.63) is 130 Å². The van der Waals surface area contributed by atoms with Crippen molar-refractivity contribution in [3.8, 4) is 0 Å². The molecule has 0 N–H and O–H groups in total. The van der Waals surface area contributed by atoms with Gasteiger partial charge in [0.2, 0.25) is 0 Å². The lowest BCUT2D eigenvalue weighted by atomic mass is 9.83. The zero-order valence-electron chi connectivity index (χ0n) is 21.8. The summed E-state index contributed by atoms with van der Waals surface area (Å²) in [4.78, 5) is 33.1. The second-order valence-corrected chi connectivity index (χ2v) is 10.7. The number of nitro groups is 1. The Morgan fingerprint density at radius 1 is 1.05 bits per heavy atom. The van der Waals surface area contributed by atoms with Crippen LogP contribution in [0.5, 0.6) is 0 Å². The third-order valence-corrected chi connectivity index (χ3v) is 8.57. The number of fused-ring (bicyclic) bond motifs is 3. The number of rotatable bonds is 6. The highest BCUT2D eigenvalue weighted by atomic mass is 32.1. The van der Waals surface area contributed by atoms with E-state index in [0.29, 0.717) is 9.33 Å². The summed E-state index contributed by atoms with van der Waals surface area (Å²) in [6.45, 7) is 6.13. The summed E-state index contributed by atoms with van der Waals surface area (Å²) < 4.78 is 2.32. The van der Waals surface area contributed by atoms with E-state index < -0.39 is 6.04 Å². The van der Waals surface area contributed by atoms with Gasteiger partial charge < -0.3 is 4.90 Å². The van der Waals surface area contributed by atoms with Crippen molar-refractivity contribution in [1.29, 1.82) is 0 Å². The second-order valence-electron chi connectivity index (χ2n) is 9.73. The molecule has 0 saturated carbocycles. The van der Waals surface area contributed by atoms with Gasteiger partial charge in [-0.1, -0.05) is 59.9 Å². The van der Waals surface area contributed by atoms with E-state index in [1.54, 1.807) is 16.7 Å². The maximum Gasteiger partial charge on any atom is 0.271 e. The Balaban J connectivity index is 1.54. The van der Waals surface area contributed by atoms with E-state index in [-0.39, 0.29) is 16.2 Å². The molecule has 39 heavy (non-hydrogen) atoms. The number of nitrogens with zero attached hydrogens (tertiary/aromatic N) is 4. The van der Waals surface area contributed by atoms with Gasteiger partial charge in [0.1, 0.15) is 0 Å². The fourth-order valence-corrected chi connectivity index (χ4v) is 6.65. The predicted molar refractivity (Wildman–Crippen MR) is 156 cm³/mol. The number of hydrogen-bond acceptors (Lipinski definition) is 6. The summed E-state index contributed by atoms with van der Waals surface area (Å²) in [6, 6.07) is 22.6. The highest BCUT2D eigenvalue weighted by molar-refractivity contribution is 7.07. The van der Waals surface area contributed by atoms with E-state index in [2.05, 4.69) is 43.0 Å². The molecule has 0 fully saturated rings. The number of allylic oxidation sites excluding steroid dienone is 1. The van der Waals surface area contributed by atoms with Crippen molar-refractivity contribution in [1.82, 2.24) is 4.57 Å². The van der Waals surface area contributed by atoms with Crippen LogP contribution >= 0.6 is 11.3 Å². The summed E-state index contributed by atoms with van der Waals surface area (Å²) in [5, 5.41) is 11.6. The average Bonchev–Trinajstić information content (AvgIpc) is 3.27. The van der Waals surface area contributed by atoms with Gasteiger partial charge >= 0.3 is 0 Å². The number of benzene rings is 3. The number of nitro benzene ring substituents is 1. The molecule has 0 amide bonds. The van der Waals surface area contributed by atoms with Gasteiger partial charge in [-0.15, -0.1) is 0 Å². The molecule has 7 nitrogen and oxygen atoms in total. The zero-order valence-corrected chi connectivity index (χ0v) is 22.6. The van der Waals surface area contributed by atoms with Crippen LogP contribution in [0.3, 0.4) is 0 Å². The van der Waals surface area contributed by atoms with E-state index in [9.17, 15) is 14.9 Å². The minimum Gasteiger partial charge on any atom is -0.372 e. The lowest BCUT2D eigenvalue weighted by Gasteiger charge is -2.30. The average molecular weight is 537 g/mol. The van der Waals surface area contributed by atoms with Gasteiger partial charge in [-0.3, -0.25) is 19.5 Å². The Labute approximate surface area is 229 Å². The van der Waals surface area contributed by atoms with Crippen LogP contribution in [0.1, 0.15) is 48.6 Å². The SMILES string of the molecule is CCN(CC)c1ccc(/C=c2/sc3n(c2=O)[C@@H](c2cccc([N+](=O)[O-])c2)C2=C(N=3)c3ccccc3CC2)cc1. The molecule has 1 atom stereocenters. The van der Waals surface area contributed by atoms with Crippen molar-refractivity contribution >= 4 is 34.5 Å². The fraction of sp³-hybridized carbons (Fsp3) is 0.226. The van der Waals surface area contributed by atoms with Gasteiger partial charge in [-0.25, -0.2) is 4.99 Å². The van der Waals surface area contributed by atoms with E-state index in [1.807, 2.05) is 36.4 Å². The van der Waals surface area contributed by atoms with E-state index in [1.165, 1.54) is 23.0 Å². The van der Waals surface area contributed by atoms with Crippen molar-refractivity contribution in [2.24, 2.45) is 4.99 Å². The van der Waals surface area contributed by atoms with Crippen molar-refractivity contribution in [3.63, 3.8) is 0 Å². The molecule has 2 aliphatic rings. The van der Waals surface area contributed by atoms with Crippen LogP contribution in [0, 0.1) is 10.1 Å². The molecule has 0 spiro atoms. The minimum absolute atomic E-state index is 0.0123. The Morgan fingerprint density at radius 3 is 2.56 bits per heavy atom. The van der Waals surface area contributed by atoms with Crippen LogP contribution in [-0.4, -0.2) is 22.6 Å². The summed E-state index contributed by atoms with van der Waals surface area (Å²) in [5.41, 5.74) is 6.90. The maximum absolute atomic E-state index is 13.9. The van der Waals surface area contributed by atoms with Gasteiger partial charge in [0, 0.05) is 36.5 Å². The van der Waals surface area contributed by atoms with Crippen molar-refractivity contribution in [2.75, 3.05) is 18.0 Å². The Hall–Kier alpha value is -4.30. The number of thiazole rings is 1. The first-order valence-electron chi connectivity index (χ1n) is 13.2. The molecule has 1 aliphatic heterocycles. The van der Waals surface area contributed by atoms with Gasteiger partial charge in [-0.2, -0.15) is 0 Å². The number of hydrogen-bond donors (Lipinski definition) is 0. The lowest BCUT2D eigenvalue weighted by Crippen LogP contribution is -2.38. The molecule has 1 aromatic heterocycles. The summed E-state index contributed by atoms with van der Waals surface area (Å²) in [7, 11) is 0. The Bertz CT molecular complexity index is 1800. The molecular formula is C31H28N4O3S. The van der Waals surface area contributed by atoms with E-state index >= 15 is 0 Å². The first kappa shape index (κ1) is 25.0. The number of anilines is 1. The van der Waals surface area contributed by atoms with Crippen LogP contribution in [-0.2, 0) is 6.42 Å². The maximum atomic E-state index is 13.9. The molecule has 6 rings (SSSR count). The fourth-order valence-electron chi connectivity index (χ4n) is 5.65. The van der Waals surface area contributed by atoms with E-state index in [0.717, 1.165) is 59.6 Å². The third-order valence-electron chi connectivity index (χ3n) is 7.59. The molecule has 0 saturated heterocycles. The topological polar surface area (TPSA) is 80.7 Å². The molecule has 196 valence electrons. The summed E-state index contributed by atoms with van der Waals surface area (Å²) >= 11 is 1.37. The first-order valence-corrected chi connectivity index (χ1v) is 14.0. The Morgan fingerprint density at radius 2 is 1.82 bits per heavy atom. The van der Waals surface area contributed by atoms with E-state index in [4.69, 9.17) is 4.99 Å². The van der Waals surface area contributed by atoms with Gasteiger partial charge in [0.15, 0.2) is 4.80 Å². The Kier molecular flexibility index (Phi) is 6.48. The minimum atomic E-state index is -0.448. The number of aryl methyl sites for hydroxylation is 1. The van der Waals surface area contributed by atoms with Crippen molar-refractivity contribution in [2.45, 2.75) is 32.7 Å². The van der Waals surface area contributed by atoms with Crippen LogP contribution in [0.2, 0.25) is 0 Å². The molecular weight excluding hydrogens is 508 g/mol. The summed E-state index contributed by atoms with van der Waals surface area (Å²) in [6.07, 6.45) is 3.48. The van der Waals surface area contributed by atoms with Crippen LogP contribution in [0.25, 0.3) is 11.8 Å². The van der Waals surface area contributed by atoms with Gasteiger partial charge in [0.25, 0.3) is 11.2 Å². The molecule has 0 bridgehead atoms. The summed E-state index contributed by atoms with van der Waals surface area (Å²) in [5.74, 6) is 0. The second kappa shape index (κ2) is 10.1. The number of aromatic nitrogens is 1. The normalized spacial score (nSPS) is 16.3. The van der Waals surface area contributed by atoms with Gasteiger partial charge in [0.05, 0.1) is 21.2 Å². The molecule has 0 unspecified atom stereocenters. The molecule has 2 heterocycles. The molecule has 0 radical (unpaired) electrons. The monoisotopic (exact) mass is 536 g/mol. The predicted octanol–water partition coefficient (Wildman–Crippen LogP) is 5.07. The number of non-ortho nitro benzene ring substituents is 1. The molecule has 8 heteroatoms. The molecule has 1 aliphatic carbocycles. The highest BCUT2D eigenvalue weighted by Gasteiger charge is 2.33. The van der Waals surface area contributed by atoms with Crippen LogP contribution in [0.15, 0.2) is 88.2 Å². The smallest absolute Gasteiger partial charge is 0.271 e. The lowest BCUT2D eigenvalue weighted by molar-refractivity contribution is -0.384. The first-order chi connectivity index (χ1) is 19.0. The quantitative estimate of drug-likeness (QED) is 0.254. The molecule has 3 aromatic carbocycles. The molecule has 4 aromatic rings. The highest BCUT2D eigenvalue weighted by Crippen LogP contribution is 2.41. The standard InChI is InChI=1S/C31H28N4O3S/c1-3-33(4-2)23-15-12-20(13-16-23)18-27-30(36)34-29(22-9-7-10-24(19-22)35(37)38)26-17-14-21-8-5-6-11-25(21)28(26)32-31(34)39-27/h5-13,15-16,18-19,29H,3-4,14,17H2,1-2H3/b27-18+/t29-/m0/s1.